The molecule has 1 aromatic heterocycles. The Morgan fingerprint density at radius 1 is 1.36 bits per heavy atom. The molecule has 3 N–H and O–H groups in total. The van der Waals surface area contributed by atoms with Crippen molar-refractivity contribution in [2.24, 2.45) is 10.7 Å². The van der Waals surface area contributed by atoms with E-state index < -0.39 is 6.29 Å². The Hall–Kier alpha value is -1.48. The summed E-state index contributed by atoms with van der Waals surface area (Å²) in [4.78, 5) is 4.22. The highest BCUT2D eigenvalue weighted by atomic mass is 35.5. The molecule has 0 spiro atoms. The Morgan fingerprint density at radius 2 is 2.09 bits per heavy atom. The number of nitrogens with one attached hydrogen (secondary N) is 1. The number of fused-ring (bicyclic) bond motifs is 1. The van der Waals surface area contributed by atoms with Crippen molar-refractivity contribution in [1.29, 1.82) is 0 Å². The van der Waals surface area contributed by atoms with Crippen LogP contribution in [0.4, 0.5) is 5.69 Å². The molecule has 0 aliphatic rings. The van der Waals surface area contributed by atoms with E-state index in [1.807, 2.05) is 13.8 Å². The van der Waals surface area contributed by atoms with Crippen molar-refractivity contribution in [3.8, 4) is 0 Å². The van der Waals surface area contributed by atoms with E-state index in [4.69, 9.17) is 26.8 Å². The molecule has 9 heteroatoms. The second-order valence-corrected chi connectivity index (χ2v) is 5.18. The number of hydrogen-bond acceptors (Lipinski definition) is 6. The smallest absolute Gasteiger partial charge is 0.193 e. The van der Waals surface area contributed by atoms with Crippen molar-refractivity contribution in [3.05, 3.63) is 17.2 Å². The van der Waals surface area contributed by atoms with Gasteiger partial charge in [0.2, 0.25) is 0 Å². The summed E-state index contributed by atoms with van der Waals surface area (Å²) in [5.41, 5.74) is 7.92. The van der Waals surface area contributed by atoms with Gasteiger partial charge in [0.25, 0.3) is 0 Å². The SMILES string of the molecule is CCOC(CN=C(N)Nc1c(Cl)ccc2nsnc12)OCC. The van der Waals surface area contributed by atoms with Crippen LogP contribution >= 0.6 is 23.3 Å². The van der Waals surface area contributed by atoms with E-state index in [-0.39, 0.29) is 5.96 Å². The lowest BCUT2D eigenvalue weighted by Crippen LogP contribution is -2.27. The molecule has 1 heterocycles. The number of rotatable bonds is 7. The van der Waals surface area contributed by atoms with E-state index >= 15 is 0 Å². The van der Waals surface area contributed by atoms with E-state index in [1.54, 1.807) is 12.1 Å². The molecule has 0 amide bonds. The number of anilines is 1. The molecule has 0 aliphatic carbocycles. The third kappa shape index (κ3) is 4.26. The number of guanidine groups is 1. The second-order valence-electron chi connectivity index (χ2n) is 4.25. The zero-order valence-electron chi connectivity index (χ0n) is 12.4. The Balaban J connectivity index is 2.09. The van der Waals surface area contributed by atoms with Crippen LogP contribution in [0.3, 0.4) is 0 Å². The molecule has 0 bridgehead atoms. The second kappa shape index (κ2) is 8.23. The lowest BCUT2D eigenvalue weighted by Gasteiger charge is -2.15. The van der Waals surface area contributed by atoms with Gasteiger partial charge in [0.05, 0.1) is 29.0 Å². The summed E-state index contributed by atoms with van der Waals surface area (Å²) < 4.78 is 19.2. The lowest BCUT2D eigenvalue weighted by atomic mass is 10.2. The molecular weight excluding hydrogens is 326 g/mol. The number of hydrogen-bond donors (Lipinski definition) is 2. The summed E-state index contributed by atoms with van der Waals surface area (Å²) in [5, 5.41) is 3.47. The first kappa shape index (κ1) is 16.9. The van der Waals surface area contributed by atoms with Crippen molar-refractivity contribution in [2.75, 3.05) is 25.1 Å². The zero-order chi connectivity index (χ0) is 15.9. The summed E-state index contributed by atoms with van der Waals surface area (Å²) in [5.74, 6) is 0.215. The predicted molar refractivity (Wildman–Crippen MR) is 89.6 cm³/mol. The van der Waals surface area contributed by atoms with Gasteiger partial charge in [0.1, 0.15) is 11.0 Å². The zero-order valence-corrected chi connectivity index (χ0v) is 13.9. The number of halogens is 1. The van der Waals surface area contributed by atoms with Gasteiger partial charge in [0, 0.05) is 13.2 Å². The Bertz CT molecular complexity index is 642. The molecule has 1 aromatic carbocycles. The summed E-state index contributed by atoms with van der Waals surface area (Å²) in [6.07, 6.45) is -0.414. The van der Waals surface area contributed by atoms with Gasteiger partial charge in [-0.1, -0.05) is 11.6 Å². The number of nitrogens with two attached hydrogens (primary N) is 1. The molecule has 120 valence electrons. The molecular formula is C13H18ClN5O2S. The van der Waals surface area contributed by atoms with Gasteiger partial charge in [0.15, 0.2) is 12.2 Å². The van der Waals surface area contributed by atoms with Crippen LogP contribution in [0.2, 0.25) is 5.02 Å². The molecule has 0 aliphatic heterocycles. The normalized spacial score (nSPS) is 12.3. The minimum absolute atomic E-state index is 0.215. The standard InChI is InChI=1S/C13H18ClN5O2S/c1-3-20-10(21-4-2)7-16-13(15)17-11-8(14)5-6-9-12(11)19-22-18-9/h5-6,10H,3-4,7H2,1-2H3,(H3,15,16,17). The number of aromatic nitrogens is 2. The van der Waals surface area contributed by atoms with Crippen LogP contribution in [-0.4, -0.2) is 40.8 Å². The highest BCUT2D eigenvalue weighted by Crippen LogP contribution is 2.29. The highest BCUT2D eigenvalue weighted by Gasteiger charge is 2.11. The molecule has 0 saturated carbocycles. The van der Waals surface area contributed by atoms with Crippen LogP contribution in [0, 0.1) is 0 Å². The fourth-order valence-corrected chi connectivity index (χ4v) is 2.55. The van der Waals surface area contributed by atoms with Crippen molar-refractivity contribution in [1.82, 2.24) is 8.75 Å². The quantitative estimate of drug-likeness (QED) is 0.455. The predicted octanol–water partition coefficient (Wildman–Crippen LogP) is 2.47. The van der Waals surface area contributed by atoms with Gasteiger partial charge in [-0.05, 0) is 26.0 Å². The highest BCUT2D eigenvalue weighted by molar-refractivity contribution is 7.00. The number of ether oxygens (including phenoxy) is 2. The Kier molecular flexibility index (Phi) is 6.32. The van der Waals surface area contributed by atoms with Crippen LogP contribution < -0.4 is 11.1 Å². The molecule has 0 radical (unpaired) electrons. The molecule has 0 fully saturated rings. The maximum absolute atomic E-state index is 6.18. The van der Waals surface area contributed by atoms with Crippen molar-refractivity contribution < 1.29 is 9.47 Å². The molecule has 2 rings (SSSR count). The Morgan fingerprint density at radius 3 is 2.77 bits per heavy atom. The summed E-state index contributed by atoms with van der Waals surface area (Å²) in [6, 6.07) is 3.55. The Labute approximate surface area is 137 Å². The van der Waals surface area contributed by atoms with Crippen LogP contribution in [-0.2, 0) is 9.47 Å². The van der Waals surface area contributed by atoms with E-state index in [9.17, 15) is 0 Å². The topological polar surface area (TPSA) is 94.7 Å². The molecule has 0 unspecified atom stereocenters. The maximum atomic E-state index is 6.18. The largest absolute Gasteiger partial charge is 0.370 e. The first-order valence-electron chi connectivity index (χ1n) is 6.86. The van der Waals surface area contributed by atoms with Crippen molar-refractivity contribution >= 4 is 46.0 Å². The summed E-state index contributed by atoms with van der Waals surface area (Å²) in [7, 11) is 0. The number of nitrogens with zero attached hydrogens (tertiary/aromatic N) is 3. The van der Waals surface area contributed by atoms with Crippen molar-refractivity contribution in [3.63, 3.8) is 0 Å². The van der Waals surface area contributed by atoms with Crippen LogP contribution in [0.5, 0.6) is 0 Å². The van der Waals surface area contributed by atoms with Crippen LogP contribution in [0.25, 0.3) is 11.0 Å². The van der Waals surface area contributed by atoms with E-state index in [2.05, 4.69) is 19.1 Å². The maximum Gasteiger partial charge on any atom is 0.193 e. The van der Waals surface area contributed by atoms with Gasteiger partial charge in [-0.3, -0.25) is 0 Å². The average Bonchev–Trinajstić information content (AvgIpc) is 2.97. The number of aliphatic imine (C=N–C) groups is 1. The third-order valence-corrected chi connectivity index (χ3v) is 3.60. The molecule has 22 heavy (non-hydrogen) atoms. The number of benzene rings is 1. The molecule has 7 nitrogen and oxygen atoms in total. The minimum Gasteiger partial charge on any atom is -0.370 e. The molecule has 0 saturated heterocycles. The summed E-state index contributed by atoms with van der Waals surface area (Å²) in [6.45, 7) is 5.18. The molecule has 0 atom stereocenters. The fourth-order valence-electron chi connectivity index (χ4n) is 1.81. The third-order valence-electron chi connectivity index (χ3n) is 2.75. The van der Waals surface area contributed by atoms with E-state index in [0.29, 0.717) is 36.0 Å². The summed E-state index contributed by atoms with van der Waals surface area (Å²) >= 11 is 7.30. The average molecular weight is 344 g/mol. The van der Waals surface area contributed by atoms with Crippen molar-refractivity contribution in [2.45, 2.75) is 20.1 Å². The van der Waals surface area contributed by atoms with Gasteiger partial charge >= 0.3 is 0 Å². The van der Waals surface area contributed by atoms with Gasteiger partial charge in [-0.15, -0.1) is 0 Å². The van der Waals surface area contributed by atoms with Gasteiger partial charge in [-0.25, -0.2) is 4.99 Å². The first-order chi connectivity index (χ1) is 10.7. The first-order valence-corrected chi connectivity index (χ1v) is 7.97. The minimum atomic E-state index is -0.414. The van der Waals surface area contributed by atoms with Gasteiger partial charge in [-0.2, -0.15) is 8.75 Å². The van der Waals surface area contributed by atoms with Gasteiger partial charge < -0.3 is 20.5 Å². The van der Waals surface area contributed by atoms with E-state index in [1.165, 1.54) is 0 Å². The lowest BCUT2D eigenvalue weighted by molar-refractivity contribution is -0.128. The monoisotopic (exact) mass is 343 g/mol. The van der Waals surface area contributed by atoms with Crippen LogP contribution in [0.15, 0.2) is 17.1 Å². The molecule has 2 aromatic rings. The fraction of sp³-hybridized carbons (Fsp3) is 0.462. The van der Waals surface area contributed by atoms with E-state index in [0.717, 1.165) is 17.2 Å². The van der Waals surface area contributed by atoms with Crippen LogP contribution in [0.1, 0.15) is 13.8 Å².